The van der Waals surface area contributed by atoms with Crippen molar-refractivity contribution in [2.75, 3.05) is 22.0 Å². The molecule has 2 aromatic rings. The molecule has 5 nitrogen and oxygen atoms in total. The Bertz CT molecular complexity index is 974. The molecule has 0 N–H and O–H groups in total. The van der Waals surface area contributed by atoms with Gasteiger partial charge < -0.3 is 4.90 Å². The number of amides is 1. The lowest BCUT2D eigenvalue weighted by Crippen LogP contribution is -2.52. The highest BCUT2D eigenvalue weighted by Gasteiger charge is 2.36. The van der Waals surface area contributed by atoms with Gasteiger partial charge in [0.25, 0.3) is 5.91 Å². The number of nitrogens with zero attached hydrogens (tertiary/aromatic N) is 2. The van der Waals surface area contributed by atoms with E-state index in [-0.39, 0.29) is 11.6 Å². The smallest absolute Gasteiger partial charge is 0.250 e. The summed E-state index contributed by atoms with van der Waals surface area (Å²) in [6, 6.07) is 11.4. The minimum atomic E-state index is -3.76. The van der Waals surface area contributed by atoms with Crippen LogP contribution in [-0.4, -0.2) is 33.2 Å². The van der Waals surface area contributed by atoms with Gasteiger partial charge in [0, 0.05) is 22.3 Å². The van der Waals surface area contributed by atoms with Crippen LogP contribution in [0.25, 0.3) is 0 Å². The maximum atomic E-state index is 13.5. The summed E-state index contributed by atoms with van der Waals surface area (Å²) in [6.07, 6.45) is 3.13. The van der Waals surface area contributed by atoms with Gasteiger partial charge in [-0.3, -0.25) is 9.10 Å². The van der Waals surface area contributed by atoms with E-state index in [2.05, 4.69) is 0 Å². The van der Waals surface area contributed by atoms with Crippen molar-refractivity contribution in [1.29, 1.82) is 0 Å². The van der Waals surface area contributed by atoms with E-state index in [0.29, 0.717) is 23.0 Å². The molecule has 0 aromatic heterocycles. The van der Waals surface area contributed by atoms with Crippen molar-refractivity contribution in [1.82, 2.24) is 0 Å². The zero-order chi connectivity index (χ0) is 20.5. The molecule has 3 rings (SSSR count). The number of rotatable bonds is 5. The highest BCUT2D eigenvalue weighted by atomic mass is 35.5. The molecule has 8 heteroatoms. The molecule has 0 fully saturated rings. The van der Waals surface area contributed by atoms with Gasteiger partial charge in [-0.25, -0.2) is 8.42 Å². The second-order valence-corrected chi connectivity index (χ2v) is 9.56. The largest absolute Gasteiger partial charge is 0.310 e. The van der Waals surface area contributed by atoms with Gasteiger partial charge in [0.15, 0.2) is 0 Å². The minimum Gasteiger partial charge on any atom is -0.310 e. The van der Waals surface area contributed by atoms with Gasteiger partial charge in [0.1, 0.15) is 6.04 Å². The zero-order valence-electron chi connectivity index (χ0n) is 15.7. The van der Waals surface area contributed by atoms with Gasteiger partial charge in [-0.2, -0.15) is 0 Å². The maximum Gasteiger partial charge on any atom is 0.250 e. The first-order chi connectivity index (χ1) is 13.2. The van der Waals surface area contributed by atoms with Crippen LogP contribution in [0.5, 0.6) is 0 Å². The number of hydrogen-bond donors (Lipinski definition) is 0. The van der Waals surface area contributed by atoms with Crippen molar-refractivity contribution < 1.29 is 13.2 Å². The molecule has 0 saturated carbocycles. The number of benzene rings is 2. The molecule has 150 valence electrons. The molecule has 0 unspecified atom stereocenters. The summed E-state index contributed by atoms with van der Waals surface area (Å²) < 4.78 is 26.4. The third-order valence-corrected chi connectivity index (χ3v) is 6.41. The molecule has 1 amide bonds. The van der Waals surface area contributed by atoms with Crippen LogP contribution >= 0.6 is 23.2 Å². The lowest BCUT2D eigenvalue weighted by atomic mass is 10.0. The van der Waals surface area contributed by atoms with Gasteiger partial charge >= 0.3 is 0 Å². The average Bonchev–Trinajstić information content (AvgIpc) is 2.63. The first-order valence-electron chi connectivity index (χ1n) is 9.07. The molecule has 0 radical (unpaired) electrons. The lowest BCUT2D eigenvalue weighted by Gasteiger charge is -2.36. The highest BCUT2D eigenvalue weighted by molar-refractivity contribution is 7.92. The predicted octanol–water partition coefficient (Wildman–Crippen LogP) is 4.52. The fraction of sp³-hybridized carbons (Fsp3) is 0.350. The van der Waals surface area contributed by atoms with Gasteiger partial charge in [-0.15, -0.1) is 0 Å². The van der Waals surface area contributed by atoms with E-state index in [1.54, 1.807) is 11.8 Å². The number of carbonyl (C=O) groups excluding carboxylic acids is 1. The van der Waals surface area contributed by atoms with Crippen LogP contribution in [0.15, 0.2) is 42.5 Å². The molecular weight excluding hydrogens is 419 g/mol. The molecule has 0 saturated heterocycles. The number of fused-ring (bicyclic) bond motifs is 1. The number of para-hydroxylation sites is 1. The van der Waals surface area contributed by atoms with Gasteiger partial charge in [0.2, 0.25) is 10.0 Å². The molecule has 28 heavy (non-hydrogen) atoms. The number of sulfonamides is 1. The number of aryl methyl sites for hydroxylation is 1. The van der Waals surface area contributed by atoms with Gasteiger partial charge in [-0.1, -0.05) is 48.3 Å². The summed E-state index contributed by atoms with van der Waals surface area (Å²) in [5, 5.41) is 0.614. The fourth-order valence-corrected chi connectivity index (χ4v) is 5.36. The van der Waals surface area contributed by atoms with E-state index >= 15 is 0 Å². The van der Waals surface area contributed by atoms with Crippen molar-refractivity contribution in [3.63, 3.8) is 0 Å². The molecular formula is C20H22Cl2N2O3S. The molecule has 1 atom stereocenters. The van der Waals surface area contributed by atoms with E-state index in [9.17, 15) is 13.2 Å². The van der Waals surface area contributed by atoms with Crippen LogP contribution in [0.4, 0.5) is 11.4 Å². The standard InChI is InChI=1S/C20H22Cl2N2O3S/c1-3-18(20(25)23-10-6-8-14-7-4-5-9-19(14)23)24(28(2,26)27)17-12-15(21)11-16(22)13-17/h4-5,7,9,11-13,18H,3,6,8,10H2,1-2H3/t18-/m1/s1. The summed E-state index contributed by atoms with van der Waals surface area (Å²) in [7, 11) is -3.76. The van der Waals surface area contributed by atoms with E-state index in [4.69, 9.17) is 23.2 Å². The number of hydrogen-bond acceptors (Lipinski definition) is 3. The summed E-state index contributed by atoms with van der Waals surface area (Å²) >= 11 is 12.2. The molecule has 1 aliphatic rings. The normalized spacial score (nSPS) is 15.1. The van der Waals surface area contributed by atoms with Crippen molar-refractivity contribution in [3.05, 3.63) is 58.1 Å². The first kappa shape index (κ1) is 21.0. The van der Waals surface area contributed by atoms with Crippen molar-refractivity contribution in [2.45, 2.75) is 32.2 Å². The number of halogens is 2. The van der Waals surface area contributed by atoms with Crippen LogP contribution in [0.1, 0.15) is 25.3 Å². The highest BCUT2D eigenvalue weighted by Crippen LogP contribution is 2.32. The molecule has 0 spiro atoms. The van der Waals surface area contributed by atoms with Crippen molar-refractivity contribution >= 4 is 50.5 Å². The maximum absolute atomic E-state index is 13.5. The Morgan fingerprint density at radius 1 is 1.18 bits per heavy atom. The fourth-order valence-electron chi connectivity index (χ4n) is 3.65. The second kappa shape index (κ2) is 8.31. The quantitative estimate of drug-likeness (QED) is 0.686. The Labute approximate surface area is 175 Å². The number of anilines is 2. The Balaban J connectivity index is 2.05. The van der Waals surface area contributed by atoms with Crippen molar-refractivity contribution in [2.24, 2.45) is 0 Å². The van der Waals surface area contributed by atoms with Gasteiger partial charge in [0.05, 0.1) is 11.9 Å². The molecule has 0 bridgehead atoms. The van der Waals surface area contributed by atoms with E-state index in [1.165, 1.54) is 18.2 Å². The number of carbonyl (C=O) groups is 1. The summed E-state index contributed by atoms with van der Waals surface area (Å²) in [4.78, 5) is 15.2. The third kappa shape index (κ3) is 4.29. The van der Waals surface area contributed by atoms with Crippen LogP contribution in [0.2, 0.25) is 10.0 Å². The minimum absolute atomic E-state index is 0.254. The zero-order valence-corrected chi connectivity index (χ0v) is 18.1. The van der Waals surface area contributed by atoms with Gasteiger partial charge in [-0.05, 0) is 49.1 Å². The molecule has 1 heterocycles. The van der Waals surface area contributed by atoms with Crippen LogP contribution in [0.3, 0.4) is 0 Å². The van der Waals surface area contributed by atoms with E-state index in [1.807, 2.05) is 24.3 Å². The summed E-state index contributed by atoms with van der Waals surface area (Å²) in [6.45, 7) is 2.35. The molecule has 0 aliphatic carbocycles. The Kier molecular flexibility index (Phi) is 6.22. The Morgan fingerprint density at radius 2 is 1.82 bits per heavy atom. The predicted molar refractivity (Wildman–Crippen MR) is 115 cm³/mol. The lowest BCUT2D eigenvalue weighted by molar-refractivity contribution is -0.119. The molecule has 1 aliphatic heterocycles. The Hall–Kier alpha value is -1.76. The van der Waals surface area contributed by atoms with E-state index in [0.717, 1.165) is 34.7 Å². The average molecular weight is 441 g/mol. The topological polar surface area (TPSA) is 57.7 Å². The van der Waals surface area contributed by atoms with Crippen LogP contribution in [0, 0.1) is 0 Å². The van der Waals surface area contributed by atoms with Crippen LogP contribution in [-0.2, 0) is 21.2 Å². The van der Waals surface area contributed by atoms with Crippen LogP contribution < -0.4 is 9.21 Å². The summed E-state index contributed by atoms with van der Waals surface area (Å²) in [5.74, 6) is -0.254. The monoisotopic (exact) mass is 440 g/mol. The summed E-state index contributed by atoms with van der Waals surface area (Å²) in [5.41, 5.74) is 2.22. The first-order valence-corrected chi connectivity index (χ1v) is 11.7. The SMILES string of the molecule is CC[C@H](C(=O)N1CCCc2ccccc21)N(c1cc(Cl)cc(Cl)c1)S(C)(=O)=O. The van der Waals surface area contributed by atoms with E-state index < -0.39 is 16.1 Å². The molecule has 2 aromatic carbocycles. The second-order valence-electron chi connectivity index (χ2n) is 6.83. The Morgan fingerprint density at radius 3 is 2.43 bits per heavy atom. The third-order valence-electron chi connectivity index (χ3n) is 4.79. The van der Waals surface area contributed by atoms with Crippen molar-refractivity contribution in [3.8, 4) is 0 Å².